The van der Waals surface area contributed by atoms with Crippen LogP contribution in [-0.2, 0) is 12.3 Å². The van der Waals surface area contributed by atoms with E-state index in [1.165, 1.54) is 33.7 Å². The lowest BCUT2D eigenvalue weighted by atomic mass is 10.2. The number of nitrogens with zero attached hydrogens (tertiary/aromatic N) is 5. The maximum absolute atomic E-state index is 13.2. The molecule has 0 aliphatic rings. The minimum atomic E-state index is -0.189. The first kappa shape index (κ1) is 20.2. The smallest absolute Gasteiger partial charge is 0.275 e. The molecule has 0 fully saturated rings. The van der Waals surface area contributed by atoms with E-state index in [4.69, 9.17) is 4.98 Å². The monoisotopic (exact) mass is 447 g/mol. The molecular weight excluding hydrogens is 426 g/mol. The van der Waals surface area contributed by atoms with Gasteiger partial charge in [0.1, 0.15) is 9.84 Å². The zero-order chi connectivity index (χ0) is 20.7. The fourth-order valence-corrected chi connectivity index (χ4v) is 5.85. The van der Waals surface area contributed by atoms with E-state index in [1.807, 2.05) is 20.8 Å². The van der Waals surface area contributed by atoms with Gasteiger partial charge in [-0.25, -0.2) is 9.97 Å². The van der Waals surface area contributed by atoms with Crippen molar-refractivity contribution in [3.8, 4) is 0 Å². The number of hydrogen-bond acceptors (Lipinski definition) is 8. The summed E-state index contributed by atoms with van der Waals surface area (Å²) in [5.74, 6) is 0.468. The first-order valence-corrected chi connectivity index (χ1v) is 12.0. The van der Waals surface area contributed by atoms with Crippen LogP contribution in [0.5, 0.6) is 0 Å². The van der Waals surface area contributed by atoms with Gasteiger partial charge in [-0.05, 0) is 32.8 Å². The van der Waals surface area contributed by atoms with Crippen molar-refractivity contribution >= 4 is 49.6 Å². The third-order valence-corrected chi connectivity index (χ3v) is 7.67. The Labute approximate surface area is 179 Å². The molecule has 0 aromatic carbocycles. The molecule has 29 heavy (non-hydrogen) atoms. The van der Waals surface area contributed by atoms with E-state index in [9.17, 15) is 9.59 Å². The number of unbranched alkanes of at least 4 members (excludes halogenated alkanes) is 1. The lowest BCUT2D eigenvalue weighted by Crippen LogP contribution is -2.23. The highest BCUT2D eigenvalue weighted by molar-refractivity contribution is 7.98. The van der Waals surface area contributed by atoms with E-state index in [-0.39, 0.29) is 11.1 Å². The van der Waals surface area contributed by atoms with E-state index in [2.05, 4.69) is 17.0 Å². The van der Waals surface area contributed by atoms with Crippen molar-refractivity contribution in [2.24, 2.45) is 0 Å². The summed E-state index contributed by atoms with van der Waals surface area (Å²) in [6.45, 7) is 8.60. The fourth-order valence-electron chi connectivity index (χ4n) is 3.10. The molecule has 0 unspecified atom stereocenters. The van der Waals surface area contributed by atoms with Crippen LogP contribution < -0.4 is 11.1 Å². The zero-order valence-electron chi connectivity index (χ0n) is 16.7. The maximum atomic E-state index is 13.2. The molecule has 0 bridgehead atoms. The number of hydrogen-bond donors (Lipinski definition) is 0. The molecule has 0 N–H and O–H groups in total. The van der Waals surface area contributed by atoms with Gasteiger partial charge in [-0.3, -0.25) is 14.2 Å². The lowest BCUT2D eigenvalue weighted by molar-refractivity contribution is 0.558. The van der Waals surface area contributed by atoms with Crippen LogP contribution >= 0.6 is 34.4 Å². The minimum absolute atomic E-state index is 0.0226. The summed E-state index contributed by atoms with van der Waals surface area (Å²) in [6.07, 6.45) is 1.91. The number of thiophene rings is 1. The molecule has 0 aliphatic carbocycles. The predicted octanol–water partition coefficient (Wildman–Crippen LogP) is 3.94. The number of fused-ring (bicyclic) bond motifs is 2. The number of aromatic nitrogens is 5. The lowest BCUT2D eigenvalue weighted by Gasteiger charge is -2.11. The van der Waals surface area contributed by atoms with Crippen LogP contribution in [0.2, 0.25) is 0 Å². The highest BCUT2D eigenvalue weighted by atomic mass is 32.2. The van der Waals surface area contributed by atoms with Gasteiger partial charge in [-0.15, -0.1) is 11.3 Å². The molecule has 0 atom stereocenters. The molecule has 4 aromatic rings. The minimum Gasteiger partial charge on any atom is -0.287 e. The van der Waals surface area contributed by atoms with Crippen molar-refractivity contribution in [2.45, 2.75) is 58.0 Å². The SMILES string of the molecule is CCCCn1c(SCc2cc(=O)n3nc(C)sc3n2)nc2sc(C)c(C)c2c1=O. The van der Waals surface area contributed by atoms with Gasteiger partial charge in [0.2, 0.25) is 4.96 Å². The second-order valence-electron chi connectivity index (χ2n) is 6.86. The van der Waals surface area contributed by atoms with E-state index in [0.717, 1.165) is 38.5 Å². The van der Waals surface area contributed by atoms with Crippen molar-refractivity contribution in [3.05, 3.63) is 47.9 Å². The first-order valence-electron chi connectivity index (χ1n) is 9.38. The average Bonchev–Trinajstić information content (AvgIpc) is 3.19. The van der Waals surface area contributed by atoms with Crippen molar-refractivity contribution in [1.29, 1.82) is 0 Å². The Hall–Kier alpha value is -2.04. The zero-order valence-corrected chi connectivity index (χ0v) is 19.1. The third kappa shape index (κ3) is 3.76. The van der Waals surface area contributed by atoms with Crippen molar-refractivity contribution in [1.82, 2.24) is 24.1 Å². The predicted molar refractivity (Wildman–Crippen MR) is 120 cm³/mol. The quantitative estimate of drug-likeness (QED) is 0.329. The molecule has 10 heteroatoms. The third-order valence-electron chi connectivity index (χ3n) is 4.74. The molecule has 0 saturated carbocycles. The molecule has 0 aliphatic heterocycles. The largest absolute Gasteiger partial charge is 0.287 e. The van der Waals surface area contributed by atoms with Crippen LogP contribution in [-0.4, -0.2) is 24.1 Å². The number of rotatable bonds is 6. The fraction of sp³-hybridized carbons (Fsp3) is 0.421. The average molecular weight is 448 g/mol. The van der Waals surface area contributed by atoms with E-state index in [1.54, 1.807) is 15.9 Å². The number of thioether (sulfide) groups is 1. The molecule has 7 nitrogen and oxygen atoms in total. The van der Waals surface area contributed by atoms with Gasteiger partial charge in [0.05, 0.1) is 11.1 Å². The summed E-state index contributed by atoms with van der Waals surface area (Å²) >= 11 is 4.39. The van der Waals surface area contributed by atoms with Crippen molar-refractivity contribution in [3.63, 3.8) is 0 Å². The van der Waals surface area contributed by atoms with Crippen LogP contribution in [0.15, 0.2) is 20.8 Å². The first-order chi connectivity index (χ1) is 13.9. The van der Waals surface area contributed by atoms with Gasteiger partial charge in [-0.1, -0.05) is 36.4 Å². The Morgan fingerprint density at radius 1 is 1.14 bits per heavy atom. The van der Waals surface area contributed by atoms with Crippen LogP contribution in [0.4, 0.5) is 0 Å². The topological polar surface area (TPSA) is 82.2 Å². The molecular formula is C19H21N5O2S3. The van der Waals surface area contributed by atoms with Gasteiger partial charge in [-0.2, -0.15) is 9.61 Å². The number of aryl methyl sites for hydroxylation is 3. The molecule has 4 aromatic heterocycles. The summed E-state index contributed by atoms with van der Waals surface area (Å²) in [6, 6.07) is 1.51. The Morgan fingerprint density at radius 2 is 1.93 bits per heavy atom. The van der Waals surface area contributed by atoms with E-state index >= 15 is 0 Å². The Bertz CT molecular complexity index is 1330. The van der Waals surface area contributed by atoms with Crippen LogP contribution in [0.1, 0.15) is 40.9 Å². The molecule has 0 spiro atoms. The van der Waals surface area contributed by atoms with E-state index < -0.39 is 0 Å². The van der Waals surface area contributed by atoms with Crippen LogP contribution in [0.3, 0.4) is 0 Å². The van der Waals surface area contributed by atoms with Gasteiger partial charge in [0.25, 0.3) is 11.1 Å². The van der Waals surface area contributed by atoms with Crippen molar-refractivity contribution < 1.29 is 0 Å². The highest BCUT2D eigenvalue weighted by Gasteiger charge is 2.17. The molecule has 4 heterocycles. The van der Waals surface area contributed by atoms with Gasteiger partial charge >= 0.3 is 0 Å². The summed E-state index contributed by atoms with van der Waals surface area (Å²) in [4.78, 5) is 37.3. The molecule has 4 rings (SSSR count). The Balaban J connectivity index is 1.73. The maximum Gasteiger partial charge on any atom is 0.275 e. The highest BCUT2D eigenvalue weighted by Crippen LogP contribution is 2.29. The van der Waals surface area contributed by atoms with E-state index in [0.29, 0.717) is 28.1 Å². The van der Waals surface area contributed by atoms with Gasteiger partial charge in [0, 0.05) is 23.2 Å². The molecule has 0 saturated heterocycles. The molecule has 0 amide bonds. The molecule has 0 radical (unpaired) electrons. The second kappa shape index (κ2) is 8.00. The summed E-state index contributed by atoms with van der Waals surface area (Å²) in [5, 5.41) is 6.38. The van der Waals surface area contributed by atoms with Crippen LogP contribution in [0.25, 0.3) is 15.2 Å². The summed E-state index contributed by atoms with van der Waals surface area (Å²) in [7, 11) is 0. The second-order valence-corrected chi connectivity index (χ2v) is 10.2. The van der Waals surface area contributed by atoms with Gasteiger partial charge in [0.15, 0.2) is 5.16 Å². The molecule has 152 valence electrons. The summed E-state index contributed by atoms with van der Waals surface area (Å²) < 4.78 is 3.10. The normalized spacial score (nSPS) is 11.7. The van der Waals surface area contributed by atoms with Crippen molar-refractivity contribution in [2.75, 3.05) is 0 Å². The summed E-state index contributed by atoms with van der Waals surface area (Å²) in [5.41, 5.74) is 1.52. The van der Waals surface area contributed by atoms with Gasteiger partial charge < -0.3 is 0 Å². The Morgan fingerprint density at radius 3 is 2.69 bits per heavy atom. The standard InChI is InChI=1S/C19H21N5O2S3/c1-5-6-7-23-17(26)15-10(2)11(3)28-16(15)21-18(23)27-9-13-8-14(25)24-19(20-13)29-12(4)22-24/h8H,5-7,9H2,1-4H3. The van der Waals surface area contributed by atoms with Crippen LogP contribution in [0, 0.1) is 20.8 Å². The Kier molecular flexibility index (Phi) is 5.58.